The third-order valence-electron chi connectivity index (χ3n) is 2.88. The first-order chi connectivity index (χ1) is 9.29. The fourth-order valence-corrected chi connectivity index (χ4v) is 1.87. The summed E-state index contributed by atoms with van der Waals surface area (Å²) in [5.74, 6) is 1.88. The average molecular weight is 265 g/mol. The van der Waals surface area contributed by atoms with Crippen molar-refractivity contribution >= 4 is 5.84 Å². The summed E-state index contributed by atoms with van der Waals surface area (Å²) in [4.78, 5) is 0. The number of rotatable bonds is 6. The zero-order valence-corrected chi connectivity index (χ0v) is 10.8. The smallest absolute Gasteiger partial charge is 0.161 e. The van der Waals surface area contributed by atoms with Crippen LogP contribution in [0.15, 0.2) is 23.4 Å². The van der Waals surface area contributed by atoms with E-state index in [1.54, 1.807) is 0 Å². The molecule has 0 fully saturated rings. The summed E-state index contributed by atoms with van der Waals surface area (Å²) in [6.45, 7) is 2.75. The van der Waals surface area contributed by atoms with E-state index in [0.717, 1.165) is 24.5 Å². The van der Waals surface area contributed by atoms with E-state index in [1.165, 1.54) is 5.56 Å². The Morgan fingerprint density at radius 1 is 1.26 bits per heavy atom. The van der Waals surface area contributed by atoms with Gasteiger partial charge in [0.15, 0.2) is 11.5 Å². The molecule has 0 saturated heterocycles. The number of nitrogens with two attached hydrogens (primary N) is 1. The van der Waals surface area contributed by atoms with E-state index in [0.29, 0.717) is 26.2 Å². The molecular formula is C13H19N3O3. The van der Waals surface area contributed by atoms with Crippen molar-refractivity contribution in [1.29, 1.82) is 0 Å². The maximum Gasteiger partial charge on any atom is 0.161 e. The molecule has 0 aliphatic carbocycles. The lowest BCUT2D eigenvalue weighted by atomic mass is 10.1. The van der Waals surface area contributed by atoms with E-state index < -0.39 is 0 Å². The molecular weight excluding hydrogens is 246 g/mol. The van der Waals surface area contributed by atoms with Crippen molar-refractivity contribution in [2.45, 2.75) is 12.8 Å². The van der Waals surface area contributed by atoms with E-state index in [4.69, 9.17) is 20.4 Å². The second-order valence-corrected chi connectivity index (χ2v) is 4.32. The Morgan fingerprint density at radius 3 is 2.84 bits per heavy atom. The van der Waals surface area contributed by atoms with E-state index in [-0.39, 0.29) is 5.84 Å². The number of hydrogen-bond acceptors (Lipinski definition) is 5. The Balaban J connectivity index is 1.74. The van der Waals surface area contributed by atoms with Crippen LogP contribution in [0.3, 0.4) is 0 Å². The first-order valence-corrected chi connectivity index (χ1v) is 6.35. The number of amidine groups is 1. The Morgan fingerprint density at radius 2 is 2.05 bits per heavy atom. The summed E-state index contributed by atoms with van der Waals surface area (Å²) < 4.78 is 11.0. The molecule has 1 aliphatic rings. The maximum absolute atomic E-state index is 8.39. The van der Waals surface area contributed by atoms with Crippen molar-refractivity contribution in [1.82, 2.24) is 5.32 Å². The van der Waals surface area contributed by atoms with E-state index in [1.807, 2.05) is 18.2 Å². The van der Waals surface area contributed by atoms with E-state index >= 15 is 0 Å². The summed E-state index contributed by atoms with van der Waals surface area (Å²) in [6.07, 6.45) is 1.43. The SMILES string of the molecule is NC(CCNCCc1ccc2c(c1)OCCO2)=NO. The topological polar surface area (TPSA) is 89.1 Å². The first kappa shape index (κ1) is 13.5. The van der Waals surface area contributed by atoms with Crippen LogP contribution >= 0.6 is 0 Å². The van der Waals surface area contributed by atoms with Crippen molar-refractivity contribution in [3.63, 3.8) is 0 Å². The summed E-state index contributed by atoms with van der Waals surface area (Å²) in [5, 5.41) is 14.5. The molecule has 0 amide bonds. The zero-order chi connectivity index (χ0) is 13.5. The molecule has 0 radical (unpaired) electrons. The highest BCUT2D eigenvalue weighted by Gasteiger charge is 2.11. The van der Waals surface area contributed by atoms with Crippen LogP contribution in [0.5, 0.6) is 11.5 Å². The number of ether oxygens (including phenoxy) is 2. The van der Waals surface area contributed by atoms with Crippen LogP contribution in [0.4, 0.5) is 0 Å². The highest BCUT2D eigenvalue weighted by atomic mass is 16.6. The van der Waals surface area contributed by atoms with Crippen LogP contribution in [-0.4, -0.2) is 37.3 Å². The molecule has 1 aromatic rings. The van der Waals surface area contributed by atoms with Crippen molar-refractivity contribution in [3.05, 3.63) is 23.8 Å². The van der Waals surface area contributed by atoms with Gasteiger partial charge in [0.05, 0.1) is 0 Å². The van der Waals surface area contributed by atoms with Gasteiger partial charge in [-0.3, -0.25) is 0 Å². The third kappa shape index (κ3) is 4.03. The molecule has 6 heteroatoms. The molecule has 2 rings (SSSR count). The molecule has 6 nitrogen and oxygen atoms in total. The van der Waals surface area contributed by atoms with Crippen LogP contribution in [0, 0.1) is 0 Å². The minimum atomic E-state index is 0.242. The summed E-state index contributed by atoms with van der Waals surface area (Å²) >= 11 is 0. The molecule has 0 bridgehead atoms. The molecule has 104 valence electrons. The lowest BCUT2D eigenvalue weighted by Crippen LogP contribution is -2.24. The molecule has 0 aromatic heterocycles. The zero-order valence-electron chi connectivity index (χ0n) is 10.8. The number of hydrogen-bond donors (Lipinski definition) is 3. The Bertz CT molecular complexity index is 449. The van der Waals surface area contributed by atoms with E-state index in [9.17, 15) is 0 Å². The van der Waals surface area contributed by atoms with Crippen molar-refractivity contribution < 1.29 is 14.7 Å². The predicted octanol–water partition coefficient (Wildman–Crippen LogP) is 0.726. The second kappa shape index (κ2) is 6.84. The molecule has 0 unspecified atom stereocenters. The van der Waals surface area contributed by atoms with Crippen LogP contribution in [0.25, 0.3) is 0 Å². The number of benzene rings is 1. The van der Waals surface area contributed by atoms with Crippen LogP contribution in [0.1, 0.15) is 12.0 Å². The average Bonchev–Trinajstić information content (AvgIpc) is 2.46. The molecule has 0 atom stereocenters. The minimum Gasteiger partial charge on any atom is -0.486 e. The Kier molecular flexibility index (Phi) is 4.85. The molecule has 1 heterocycles. The fourth-order valence-electron chi connectivity index (χ4n) is 1.87. The molecule has 1 aromatic carbocycles. The highest BCUT2D eigenvalue weighted by Crippen LogP contribution is 2.30. The van der Waals surface area contributed by atoms with Gasteiger partial charge in [-0.25, -0.2) is 0 Å². The van der Waals surface area contributed by atoms with E-state index in [2.05, 4.69) is 10.5 Å². The van der Waals surface area contributed by atoms with Gasteiger partial charge < -0.3 is 25.7 Å². The number of nitrogens with one attached hydrogen (secondary N) is 1. The van der Waals surface area contributed by atoms with Crippen LogP contribution in [-0.2, 0) is 6.42 Å². The lowest BCUT2D eigenvalue weighted by Gasteiger charge is -2.18. The first-order valence-electron chi connectivity index (χ1n) is 6.35. The summed E-state index contributed by atoms with van der Waals surface area (Å²) in [7, 11) is 0. The molecule has 19 heavy (non-hydrogen) atoms. The largest absolute Gasteiger partial charge is 0.486 e. The standard InChI is InChI=1S/C13H19N3O3/c14-13(16-17)4-6-15-5-3-10-1-2-11-12(9-10)19-8-7-18-11/h1-2,9,15,17H,3-8H2,(H2,14,16). The van der Waals surface area contributed by atoms with Gasteiger partial charge in [0.2, 0.25) is 0 Å². The normalized spacial score (nSPS) is 14.4. The van der Waals surface area contributed by atoms with Gasteiger partial charge in [-0.15, -0.1) is 0 Å². The highest BCUT2D eigenvalue weighted by molar-refractivity contribution is 5.79. The molecule has 0 spiro atoms. The van der Waals surface area contributed by atoms with Crippen LogP contribution in [0.2, 0.25) is 0 Å². The summed E-state index contributed by atoms with van der Waals surface area (Å²) in [6, 6.07) is 6.00. The predicted molar refractivity (Wildman–Crippen MR) is 72.0 cm³/mol. The van der Waals surface area contributed by atoms with Crippen molar-refractivity contribution in [2.24, 2.45) is 10.9 Å². The number of fused-ring (bicyclic) bond motifs is 1. The quantitative estimate of drug-likeness (QED) is 0.232. The number of nitrogens with zero attached hydrogens (tertiary/aromatic N) is 1. The number of oxime groups is 1. The lowest BCUT2D eigenvalue weighted by molar-refractivity contribution is 0.171. The summed E-state index contributed by atoms with van der Waals surface area (Å²) in [5.41, 5.74) is 6.57. The monoisotopic (exact) mass is 265 g/mol. The molecule has 4 N–H and O–H groups in total. The van der Waals surface area contributed by atoms with Gasteiger partial charge in [-0.2, -0.15) is 0 Å². The van der Waals surface area contributed by atoms with Crippen molar-refractivity contribution in [3.8, 4) is 11.5 Å². The second-order valence-electron chi connectivity index (χ2n) is 4.32. The minimum absolute atomic E-state index is 0.242. The Hall–Kier alpha value is -1.95. The van der Waals surface area contributed by atoms with Gasteiger partial charge in [0.25, 0.3) is 0 Å². The third-order valence-corrected chi connectivity index (χ3v) is 2.88. The van der Waals surface area contributed by atoms with Crippen LogP contribution < -0.4 is 20.5 Å². The van der Waals surface area contributed by atoms with Gasteiger partial charge in [-0.05, 0) is 30.7 Å². The molecule has 0 saturated carbocycles. The van der Waals surface area contributed by atoms with Gasteiger partial charge >= 0.3 is 0 Å². The van der Waals surface area contributed by atoms with Gasteiger partial charge in [-0.1, -0.05) is 11.2 Å². The van der Waals surface area contributed by atoms with Gasteiger partial charge in [0, 0.05) is 13.0 Å². The van der Waals surface area contributed by atoms with Gasteiger partial charge in [0.1, 0.15) is 19.0 Å². The Labute approximate surface area is 112 Å². The maximum atomic E-state index is 8.39. The van der Waals surface area contributed by atoms with Crippen molar-refractivity contribution in [2.75, 3.05) is 26.3 Å². The fraction of sp³-hybridized carbons (Fsp3) is 0.462. The molecule has 1 aliphatic heterocycles.